The molecule has 1 fully saturated rings. The third-order valence-electron chi connectivity index (χ3n) is 4.04. The lowest BCUT2D eigenvalue weighted by Crippen LogP contribution is -2.19. The zero-order valence-corrected chi connectivity index (χ0v) is 13.1. The van der Waals surface area contributed by atoms with E-state index >= 15 is 0 Å². The molecule has 0 spiro atoms. The first-order valence-corrected chi connectivity index (χ1v) is 7.95. The molecule has 112 valence electrons. The van der Waals surface area contributed by atoms with Gasteiger partial charge in [0.1, 0.15) is 0 Å². The van der Waals surface area contributed by atoms with E-state index in [0.29, 0.717) is 5.92 Å². The van der Waals surface area contributed by atoms with E-state index in [9.17, 15) is 0 Å². The van der Waals surface area contributed by atoms with Crippen LogP contribution in [0.4, 0.5) is 0 Å². The number of hydrogen-bond acceptors (Lipinski definition) is 3. The van der Waals surface area contributed by atoms with Gasteiger partial charge in [0.05, 0.1) is 6.61 Å². The van der Waals surface area contributed by atoms with Crippen LogP contribution in [-0.4, -0.2) is 18.1 Å². The Labute approximate surface area is 123 Å². The van der Waals surface area contributed by atoms with Gasteiger partial charge < -0.3 is 10.1 Å². The Morgan fingerprint density at radius 1 is 1.35 bits per heavy atom. The molecule has 0 radical (unpaired) electrons. The highest BCUT2D eigenvalue weighted by atomic mass is 16.5. The molecule has 0 bridgehead atoms. The zero-order valence-electron chi connectivity index (χ0n) is 13.1. The van der Waals surface area contributed by atoms with Crippen molar-refractivity contribution in [3.63, 3.8) is 0 Å². The Kier molecular flexibility index (Phi) is 5.84. The van der Waals surface area contributed by atoms with Crippen LogP contribution in [0.15, 0.2) is 12.1 Å². The van der Waals surface area contributed by atoms with E-state index in [-0.39, 0.29) is 0 Å². The highest BCUT2D eigenvalue weighted by molar-refractivity contribution is 5.24. The highest BCUT2D eigenvalue weighted by Gasteiger charge is 2.16. The van der Waals surface area contributed by atoms with Crippen molar-refractivity contribution in [2.24, 2.45) is 11.8 Å². The van der Waals surface area contributed by atoms with Crippen LogP contribution in [0.2, 0.25) is 0 Å². The molecule has 3 heteroatoms. The van der Waals surface area contributed by atoms with E-state index in [1.54, 1.807) is 0 Å². The number of pyridine rings is 1. The van der Waals surface area contributed by atoms with Crippen LogP contribution in [-0.2, 0) is 6.54 Å². The number of hydrogen-bond donors (Lipinski definition) is 1. The quantitative estimate of drug-likeness (QED) is 0.786. The number of aromatic nitrogens is 1. The van der Waals surface area contributed by atoms with Crippen molar-refractivity contribution in [2.75, 3.05) is 13.2 Å². The number of nitrogens with zero attached hydrogens (tertiary/aromatic N) is 1. The second-order valence-electron chi connectivity index (χ2n) is 6.35. The molecule has 1 heterocycles. The summed E-state index contributed by atoms with van der Waals surface area (Å²) in [5, 5.41) is 3.45. The second kappa shape index (κ2) is 7.63. The van der Waals surface area contributed by atoms with Gasteiger partial charge in [0, 0.05) is 18.3 Å². The van der Waals surface area contributed by atoms with Crippen molar-refractivity contribution in [3.05, 3.63) is 23.4 Å². The SMILES string of the molecule is Cc1nc(OCCC2CCC2)ccc1CNCC(C)C. The minimum absolute atomic E-state index is 0.678. The van der Waals surface area contributed by atoms with Crippen LogP contribution < -0.4 is 10.1 Å². The minimum atomic E-state index is 0.678. The van der Waals surface area contributed by atoms with Crippen molar-refractivity contribution >= 4 is 0 Å². The number of nitrogens with one attached hydrogen (secondary N) is 1. The highest BCUT2D eigenvalue weighted by Crippen LogP contribution is 2.29. The van der Waals surface area contributed by atoms with Crippen molar-refractivity contribution in [3.8, 4) is 5.88 Å². The summed E-state index contributed by atoms with van der Waals surface area (Å²) < 4.78 is 5.76. The monoisotopic (exact) mass is 276 g/mol. The first-order chi connectivity index (χ1) is 9.65. The van der Waals surface area contributed by atoms with Crippen LogP contribution >= 0.6 is 0 Å². The van der Waals surface area contributed by atoms with Gasteiger partial charge in [-0.3, -0.25) is 0 Å². The van der Waals surface area contributed by atoms with Crippen LogP contribution in [0.25, 0.3) is 0 Å². The minimum Gasteiger partial charge on any atom is -0.478 e. The summed E-state index contributed by atoms with van der Waals surface area (Å²) in [6.07, 6.45) is 5.35. The molecule has 0 aliphatic heterocycles. The fraction of sp³-hybridized carbons (Fsp3) is 0.706. The summed E-state index contributed by atoms with van der Waals surface area (Å²) >= 11 is 0. The summed E-state index contributed by atoms with van der Waals surface area (Å²) in [5.41, 5.74) is 2.33. The number of ether oxygens (including phenoxy) is 1. The topological polar surface area (TPSA) is 34.1 Å². The Bertz CT molecular complexity index is 413. The Morgan fingerprint density at radius 3 is 2.75 bits per heavy atom. The second-order valence-corrected chi connectivity index (χ2v) is 6.35. The molecule has 1 saturated carbocycles. The molecular formula is C17H28N2O. The van der Waals surface area contributed by atoms with Crippen LogP contribution in [0.3, 0.4) is 0 Å². The molecular weight excluding hydrogens is 248 g/mol. The van der Waals surface area contributed by atoms with Crippen LogP contribution in [0, 0.1) is 18.8 Å². The van der Waals surface area contributed by atoms with Gasteiger partial charge in [-0.15, -0.1) is 0 Å². The van der Waals surface area contributed by atoms with Gasteiger partial charge in [0.25, 0.3) is 0 Å². The van der Waals surface area contributed by atoms with Gasteiger partial charge in [-0.1, -0.05) is 39.2 Å². The predicted molar refractivity (Wildman–Crippen MR) is 83.0 cm³/mol. The molecule has 1 aliphatic rings. The van der Waals surface area contributed by atoms with E-state index in [1.165, 1.54) is 31.2 Å². The first-order valence-electron chi connectivity index (χ1n) is 7.95. The van der Waals surface area contributed by atoms with E-state index in [2.05, 4.69) is 37.1 Å². The molecule has 1 aromatic rings. The van der Waals surface area contributed by atoms with E-state index in [0.717, 1.165) is 37.2 Å². The molecule has 20 heavy (non-hydrogen) atoms. The summed E-state index contributed by atoms with van der Waals surface area (Å²) in [4.78, 5) is 4.55. The Morgan fingerprint density at radius 2 is 2.15 bits per heavy atom. The fourth-order valence-electron chi connectivity index (χ4n) is 2.44. The lowest BCUT2D eigenvalue weighted by atomic mass is 9.83. The number of rotatable bonds is 8. The molecule has 0 saturated heterocycles. The third kappa shape index (κ3) is 4.78. The first kappa shape index (κ1) is 15.3. The van der Waals surface area contributed by atoms with E-state index < -0.39 is 0 Å². The Hall–Kier alpha value is -1.09. The maximum Gasteiger partial charge on any atom is 0.213 e. The summed E-state index contributed by atoms with van der Waals surface area (Å²) in [7, 11) is 0. The van der Waals surface area contributed by atoms with Gasteiger partial charge in [-0.25, -0.2) is 4.98 Å². The standard InChI is InChI=1S/C17H28N2O/c1-13(2)11-18-12-16-7-8-17(19-14(16)3)20-10-9-15-5-4-6-15/h7-8,13,15,18H,4-6,9-12H2,1-3H3. The lowest BCUT2D eigenvalue weighted by Gasteiger charge is -2.24. The molecule has 2 rings (SSSR count). The average Bonchev–Trinajstić information content (AvgIpc) is 2.34. The molecule has 0 unspecified atom stereocenters. The van der Waals surface area contributed by atoms with E-state index in [4.69, 9.17) is 4.74 Å². The molecule has 1 aromatic heterocycles. The smallest absolute Gasteiger partial charge is 0.213 e. The maximum absolute atomic E-state index is 5.76. The summed E-state index contributed by atoms with van der Waals surface area (Å²) in [5.74, 6) is 2.35. The van der Waals surface area contributed by atoms with Gasteiger partial charge in [-0.2, -0.15) is 0 Å². The third-order valence-corrected chi connectivity index (χ3v) is 4.04. The van der Waals surface area contributed by atoms with Crippen molar-refractivity contribution in [1.29, 1.82) is 0 Å². The molecule has 1 N–H and O–H groups in total. The van der Waals surface area contributed by atoms with Crippen LogP contribution in [0.5, 0.6) is 5.88 Å². The van der Waals surface area contributed by atoms with Gasteiger partial charge in [0.15, 0.2) is 0 Å². The largest absolute Gasteiger partial charge is 0.478 e. The maximum atomic E-state index is 5.76. The fourth-order valence-corrected chi connectivity index (χ4v) is 2.44. The van der Waals surface area contributed by atoms with E-state index in [1.807, 2.05) is 6.07 Å². The molecule has 1 aliphatic carbocycles. The molecule has 3 nitrogen and oxygen atoms in total. The number of aryl methyl sites for hydroxylation is 1. The molecule has 0 amide bonds. The van der Waals surface area contributed by atoms with Crippen molar-refractivity contribution in [1.82, 2.24) is 10.3 Å². The van der Waals surface area contributed by atoms with Gasteiger partial charge >= 0.3 is 0 Å². The lowest BCUT2D eigenvalue weighted by molar-refractivity contribution is 0.217. The van der Waals surface area contributed by atoms with Gasteiger partial charge in [0.2, 0.25) is 5.88 Å². The van der Waals surface area contributed by atoms with Crippen molar-refractivity contribution in [2.45, 2.75) is 53.0 Å². The molecule has 0 atom stereocenters. The summed E-state index contributed by atoms with van der Waals surface area (Å²) in [6, 6.07) is 4.13. The average molecular weight is 276 g/mol. The van der Waals surface area contributed by atoms with Gasteiger partial charge in [-0.05, 0) is 37.3 Å². The normalized spacial score (nSPS) is 15.4. The molecule has 0 aromatic carbocycles. The summed E-state index contributed by atoms with van der Waals surface area (Å²) in [6.45, 7) is 9.24. The van der Waals surface area contributed by atoms with Crippen molar-refractivity contribution < 1.29 is 4.74 Å². The Balaban J connectivity index is 1.75. The predicted octanol–water partition coefficient (Wildman–Crippen LogP) is 3.70. The van der Waals surface area contributed by atoms with Crippen LogP contribution in [0.1, 0.15) is 50.8 Å². The zero-order chi connectivity index (χ0) is 14.4.